The number of benzene rings is 2. The average molecular weight is 298 g/mol. The van der Waals surface area contributed by atoms with Gasteiger partial charge in [0.05, 0.1) is 18.7 Å². The van der Waals surface area contributed by atoms with Gasteiger partial charge in [-0.1, -0.05) is 24.3 Å². The van der Waals surface area contributed by atoms with Crippen LogP contribution in [-0.4, -0.2) is 32.0 Å². The normalized spacial score (nSPS) is 11.6. The second-order valence-electron chi connectivity index (χ2n) is 5.16. The monoisotopic (exact) mass is 298 g/mol. The predicted octanol–water partition coefficient (Wildman–Crippen LogP) is 3.57. The summed E-state index contributed by atoms with van der Waals surface area (Å²) in [6, 6.07) is 15.3. The highest BCUT2D eigenvalue weighted by atomic mass is 16.5. The number of para-hydroxylation sites is 1. The van der Waals surface area contributed by atoms with E-state index in [-0.39, 0.29) is 11.9 Å². The Labute approximate surface area is 131 Å². The van der Waals surface area contributed by atoms with Gasteiger partial charge in [0.15, 0.2) is 0 Å². The number of anilines is 1. The van der Waals surface area contributed by atoms with Crippen molar-refractivity contribution in [3.8, 4) is 5.75 Å². The fourth-order valence-corrected chi connectivity index (χ4v) is 2.36. The van der Waals surface area contributed by atoms with E-state index in [2.05, 4.69) is 5.32 Å². The van der Waals surface area contributed by atoms with Crippen LogP contribution >= 0.6 is 0 Å². The SMILES string of the molecule is CNc1ccccc1C(=O)N(C)C(C)c1ccc(OC)cc1. The van der Waals surface area contributed by atoms with E-state index in [4.69, 9.17) is 4.74 Å². The summed E-state index contributed by atoms with van der Waals surface area (Å²) in [7, 11) is 5.28. The van der Waals surface area contributed by atoms with Gasteiger partial charge in [0.2, 0.25) is 0 Å². The first-order chi connectivity index (χ1) is 10.6. The molecule has 2 rings (SSSR count). The number of nitrogens with one attached hydrogen (secondary N) is 1. The summed E-state index contributed by atoms with van der Waals surface area (Å²) in [5.74, 6) is 0.804. The topological polar surface area (TPSA) is 41.6 Å². The van der Waals surface area contributed by atoms with E-state index in [1.54, 1.807) is 12.0 Å². The lowest BCUT2D eigenvalue weighted by atomic mass is 10.1. The third-order valence-electron chi connectivity index (χ3n) is 3.93. The Morgan fingerprint density at radius 3 is 2.36 bits per heavy atom. The molecule has 0 heterocycles. The quantitative estimate of drug-likeness (QED) is 0.917. The number of rotatable bonds is 5. The zero-order valence-electron chi connectivity index (χ0n) is 13.5. The maximum atomic E-state index is 12.7. The number of hydrogen-bond donors (Lipinski definition) is 1. The Kier molecular flexibility index (Phi) is 5.04. The van der Waals surface area contributed by atoms with E-state index in [1.807, 2.05) is 69.6 Å². The minimum atomic E-state index is -0.0247. The molecule has 1 unspecified atom stereocenters. The molecule has 0 spiro atoms. The Balaban J connectivity index is 2.21. The van der Waals surface area contributed by atoms with Crippen LogP contribution in [0.1, 0.15) is 28.9 Å². The molecule has 0 fully saturated rings. The van der Waals surface area contributed by atoms with Crippen molar-refractivity contribution < 1.29 is 9.53 Å². The standard InChI is InChI=1S/C18H22N2O2/c1-13(14-9-11-15(22-4)12-10-14)20(3)18(21)16-7-5-6-8-17(16)19-2/h5-13,19H,1-4H3. The van der Waals surface area contributed by atoms with Gasteiger partial charge in [-0.2, -0.15) is 0 Å². The molecular weight excluding hydrogens is 276 g/mol. The molecule has 0 saturated heterocycles. The van der Waals surface area contributed by atoms with Crippen molar-refractivity contribution in [3.05, 3.63) is 59.7 Å². The third-order valence-corrected chi connectivity index (χ3v) is 3.93. The number of amides is 1. The van der Waals surface area contributed by atoms with Crippen molar-refractivity contribution >= 4 is 11.6 Å². The van der Waals surface area contributed by atoms with Crippen molar-refractivity contribution in [3.63, 3.8) is 0 Å². The minimum absolute atomic E-state index is 0.00623. The van der Waals surface area contributed by atoms with Gasteiger partial charge in [-0.15, -0.1) is 0 Å². The van der Waals surface area contributed by atoms with Crippen LogP contribution in [0.3, 0.4) is 0 Å². The van der Waals surface area contributed by atoms with Gasteiger partial charge >= 0.3 is 0 Å². The van der Waals surface area contributed by atoms with Crippen LogP contribution in [0.25, 0.3) is 0 Å². The summed E-state index contributed by atoms with van der Waals surface area (Å²) >= 11 is 0. The molecular formula is C18H22N2O2. The molecule has 1 N–H and O–H groups in total. The smallest absolute Gasteiger partial charge is 0.256 e. The van der Waals surface area contributed by atoms with E-state index in [1.165, 1.54) is 0 Å². The largest absolute Gasteiger partial charge is 0.497 e. The molecule has 2 aromatic rings. The summed E-state index contributed by atoms with van der Waals surface area (Å²) in [5.41, 5.74) is 2.58. The number of ether oxygens (including phenoxy) is 1. The maximum Gasteiger partial charge on any atom is 0.256 e. The predicted molar refractivity (Wildman–Crippen MR) is 89.5 cm³/mol. The van der Waals surface area contributed by atoms with Crippen molar-refractivity contribution in [2.75, 3.05) is 26.5 Å². The third kappa shape index (κ3) is 3.22. The summed E-state index contributed by atoms with van der Waals surface area (Å²) in [6.45, 7) is 2.02. The number of hydrogen-bond acceptors (Lipinski definition) is 3. The molecule has 1 atom stereocenters. The molecule has 2 aromatic carbocycles. The van der Waals surface area contributed by atoms with Gasteiger partial charge in [-0.25, -0.2) is 0 Å². The highest BCUT2D eigenvalue weighted by Gasteiger charge is 2.20. The molecule has 0 aromatic heterocycles. The number of carbonyl (C=O) groups excluding carboxylic acids is 1. The van der Waals surface area contributed by atoms with Crippen molar-refractivity contribution in [2.45, 2.75) is 13.0 Å². The fourth-order valence-electron chi connectivity index (χ4n) is 2.36. The van der Waals surface area contributed by atoms with Gasteiger partial charge in [0, 0.05) is 19.8 Å². The average Bonchev–Trinajstić information content (AvgIpc) is 2.59. The first-order valence-corrected chi connectivity index (χ1v) is 7.26. The molecule has 4 nitrogen and oxygen atoms in total. The lowest BCUT2D eigenvalue weighted by Crippen LogP contribution is -2.30. The van der Waals surface area contributed by atoms with Crippen molar-refractivity contribution in [1.82, 2.24) is 4.90 Å². The first kappa shape index (κ1) is 15.9. The lowest BCUT2D eigenvalue weighted by Gasteiger charge is -2.26. The van der Waals surface area contributed by atoms with Crippen molar-refractivity contribution in [2.24, 2.45) is 0 Å². The van der Waals surface area contributed by atoms with Crippen LogP contribution < -0.4 is 10.1 Å². The Morgan fingerprint density at radius 2 is 1.77 bits per heavy atom. The fraction of sp³-hybridized carbons (Fsp3) is 0.278. The Hall–Kier alpha value is -2.49. The van der Waals surface area contributed by atoms with E-state index < -0.39 is 0 Å². The van der Waals surface area contributed by atoms with Gasteiger partial charge in [0.1, 0.15) is 5.75 Å². The van der Waals surface area contributed by atoms with E-state index in [0.29, 0.717) is 5.56 Å². The molecule has 4 heteroatoms. The van der Waals surface area contributed by atoms with E-state index in [0.717, 1.165) is 17.0 Å². The maximum absolute atomic E-state index is 12.7. The molecule has 116 valence electrons. The van der Waals surface area contributed by atoms with Crippen LogP contribution in [0.4, 0.5) is 5.69 Å². The summed E-state index contributed by atoms with van der Waals surface area (Å²) < 4.78 is 5.17. The molecule has 22 heavy (non-hydrogen) atoms. The second-order valence-corrected chi connectivity index (χ2v) is 5.16. The van der Waals surface area contributed by atoms with Gasteiger partial charge < -0.3 is 15.0 Å². The lowest BCUT2D eigenvalue weighted by molar-refractivity contribution is 0.0743. The van der Waals surface area contributed by atoms with E-state index >= 15 is 0 Å². The second kappa shape index (κ2) is 6.98. The summed E-state index contributed by atoms with van der Waals surface area (Å²) in [6.07, 6.45) is 0. The van der Waals surface area contributed by atoms with Crippen molar-refractivity contribution in [1.29, 1.82) is 0 Å². The zero-order valence-corrected chi connectivity index (χ0v) is 13.5. The summed E-state index contributed by atoms with van der Waals surface area (Å²) in [5, 5.41) is 3.06. The van der Waals surface area contributed by atoms with Crippen LogP contribution in [0.15, 0.2) is 48.5 Å². The number of carbonyl (C=O) groups is 1. The molecule has 0 saturated carbocycles. The Morgan fingerprint density at radius 1 is 1.14 bits per heavy atom. The van der Waals surface area contributed by atoms with E-state index in [9.17, 15) is 4.79 Å². The highest BCUT2D eigenvalue weighted by Crippen LogP contribution is 2.25. The number of nitrogens with zero attached hydrogens (tertiary/aromatic N) is 1. The zero-order chi connectivity index (χ0) is 16.1. The molecule has 0 radical (unpaired) electrons. The van der Waals surface area contributed by atoms with Crippen LogP contribution in [0.2, 0.25) is 0 Å². The van der Waals surface area contributed by atoms with Gasteiger partial charge in [-0.05, 0) is 36.8 Å². The van der Waals surface area contributed by atoms with Crippen LogP contribution in [0.5, 0.6) is 5.75 Å². The highest BCUT2D eigenvalue weighted by molar-refractivity contribution is 5.99. The Bertz CT molecular complexity index is 638. The molecule has 0 aliphatic heterocycles. The first-order valence-electron chi connectivity index (χ1n) is 7.26. The minimum Gasteiger partial charge on any atom is -0.497 e. The van der Waals surface area contributed by atoms with Crippen LogP contribution in [-0.2, 0) is 0 Å². The van der Waals surface area contributed by atoms with Gasteiger partial charge in [-0.3, -0.25) is 4.79 Å². The van der Waals surface area contributed by atoms with Gasteiger partial charge in [0.25, 0.3) is 5.91 Å². The summed E-state index contributed by atoms with van der Waals surface area (Å²) in [4.78, 5) is 14.5. The molecule has 0 aliphatic rings. The molecule has 0 aliphatic carbocycles. The van der Waals surface area contributed by atoms with Crippen LogP contribution in [0, 0.1) is 0 Å². The molecule has 0 bridgehead atoms. The number of methoxy groups -OCH3 is 1. The molecule has 1 amide bonds.